The molecular formula is C13H16F3NO2. The first-order valence-electron chi connectivity index (χ1n) is 5.84. The second kappa shape index (κ2) is 6.06. The second-order valence-electron chi connectivity index (χ2n) is 4.54. The van der Waals surface area contributed by atoms with E-state index in [9.17, 15) is 18.0 Å². The average molecular weight is 275 g/mol. The molecular weight excluding hydrogens is 259 g/mol. The summed E-state index contributed by atoms with van der Waals surface area (Å²) in [4.78, 5) is 11.6. The van der Waals surface area contributed by atoms with E-state index in [1.807, 2.05) is 19.2 Å². The highest BCUT2D eigenvalue weighted by Gasteiger charge is 2.38. The van der Waals surface area contributed by atoms with Crippen molar-refractivity contribution in [2.24, 2.45) is 0 Å². The standard InChI is InChI=1S/C13H16F3NO2/c1-8(2)9-3-5-10(6-4-9)12(19)17-7-11(18)13(14,15)16/h3-6,8,11,18H,7H2,1-2H3,(H,17,19). The van der Waals surface area contributed by atoms with Gasteiger partial charge in [0.1, 0.15) is 0 Å². The molecule has 0 saturated heterocycles. The minimum atomic E-state index is -4.73. The maximum Gasteiger partial charge on any atom is 0.416 e. The molecule has 106 valence electrons. The van der Waals surface area contributed by atoms with Gasteiger partial charge in [0.25, 0.3) is 5.91 Å². The Morgan fingerprint density at radius 3 is 2.21 bits per heavy atom. The van der Waals surface area contributed by atoms with Crippen LogP contribution in [0.5, 0.6) is 0 Å². The van der Waals surface area contributed by atoms with Crippen molar-refractivity contribution in [3.05, 3.63) is 35.4 Å². The maximum absolute atomic E-state index is 12.0. The van der Waals surface area contributed by atoms with Crippen LogP contribution in [-0.2, 0) is 0 Å². The van der Waals surface area contributed by atoms with Crippen LogP contribution in [0.3, 0.4) is 0 Å². The van der Waals surface area contributed by atoms with Crippen molar-refractivity contribution in [1.82, 2.24) is 5.32 Å². The minimum absolute atomic E-state index is 0.263. The van der Waals surface area contributed by atoms with Crippen LogP contribution in [-0.4, -0.2) is 29.8 Å². The predicted molar refractivity (Wildman–Crippen MR) is 64.9 cm³/mol. The largest absolute Gasteiger partial charge is 0.416 e. The number of alkyl halides is 3. The topological polar surface area (TPSA) is 49.3 Å². The molecule has 0 radical (unpaired) electrons. The Morgan fingerprint density at radius 2 is 1.79 bits per heavy atom. The molecule has 0 spiro atoms. The smallest absolute Gasteiger partial charge is 0.382 e. The molecule has 0 aliphatic rings. The van der Waals surface area contributed by atoms with Gasteiger partial charge in [0.15, 0.2) is 6.10 Å². The lowest BCUT2D eigenvalue weighted by atomic mass is 10.0. The van der Waals surface area contributed by atoms with Gasteiger partial charge in [-0.3, -0.25) is 4.79 Å². The van der Waals surface area contributed by atoms with Crippen LogP contribution in [0.1, 0.15) is 35.7 Å². The molecule has 1 aromatic rings. The second-order valence-corrected chi connectivity index (χ2v) is 4.54. The van der Waals surface area contributed by atoms with E-state index in [0.29, 0.717) is 5.92 Å². The summed E-state index contributed by atoms with van der Waals surface area (Å²) in [6, 6.07) is 6.59. The summed E-state index contributed by atoms with van der Waals surface area (Å²) in [6.45, 7) is 3.14. The van der Waals surface area contributed by atoms with Crippen molar-refractivity contribution in [1.29, 1.82) is 0 Å². The van der Waals surface area contributed by atoms with Gasteiger partial charge < -0.3 is 10.4 Å². The van der Waals surface area contributed by atoms with Crippen LogP contribution < -0.4 is 5.32 Å². The third-order valence-corrected chi connectivity index (χ3v) is 2.67. The number of amides is 1. The Kier molecular flexibility index (Phi) is 4.94. The van der Waals surface area contributed by atoms with E-state index in [1.54, 1.807) is 24.3 Å². The van der Waals surface area contributed by atoms with Crippen LogP contribution in [0.2, 0.25) is 0 Å². The number of aliphatic hydroxyl groups is 1. The van der Waals surface area contributed by atoms with Gasteiger partial charge in [-0.1, -0.05) is 26.0 Å². The van der Waals surface area contributed by atoms with Crippen molar-refractivity contribution < 1.29 is 23.1 Å². The summed E-state index contributed by atoms with van der Waals surface area (Å²) in [7, 11) is 0. The fraction of sp³-hybridized carbons (Fsp3) is 0.462. The molecule has 0 bridgehead atoms. The van der Waals surface area contributed by atoms with Crippen LogP contribution >= 0.6 is 0 Å². The highest BCUT2D eigenvalue weighted by atomic mass is 19.4. The molecule has 0 aliphatic heterocycles. The van der Waals surface area contributed by atoms with E-state index in [2.05, 4.69) is 0 Å². The normalized spacial score (nSPS) is 13.4. The van der Waals surface area contributed by atoms with Gasteiger partial charge in [-0.2, -0.15) is 13.2 Å². The van der Waals surface area contributed by atoms with E-state index in [-0.39, 0.29) is 5.56 Å². The number of hydrogen-bond donors (Lipinski definition) is 2. The molecule has 1 aromatic carbocycles. The third-order valence-electron chi connectivity index (χ3n) is 2.67. The number of hydrogen-bond acceptors (Lipinski definition) is 2. The molecule has 0 aliphatic carbocycles. The Labute approximate surface area is 109 Å². The van der Waals surface area contributed by atoms with Crippen LogP contribution in [0.25, 0.3) is 0 Å². The van der Waals surface area contributed by atoms with Gasteiger partial charge in [-0.15, -0.1) is 0 Å². The monoisotopic (exact) mass is 275 g/mol. The highest BCUT2D eigenvalue weighted by molar-refractivity contribution is 5.94. The van der Waals surface area contributed by atoms with E-state index >= 15 is 0 Å². The first-order chi connectivity index (χ1) is 8.71. The molecule has 3 nitrogen and oxygen atoms in total. The Balaban J connectivity index is 2.59. The zero-order valence-corrected chi connectivity index (χ0v) is 10.7. The quantitative estimate of drug-likeness (QED) is 0.886. The van der Waals surface area contributed by atoms with Gasteiger partial charge in [0.05, 0.1) is 6.54 Å². The number of aliphatic hydroxyl groups excluding tert-OH is 1. The molecule has 0 aromatic heterocycles. The minimum Gasteiger partial charge on any atom is -0.382 e. The lowest BCUT2D eigenvalue weighted by Crippen LogP contribution is -2.40. The zero-order valence-electron chi connectivity index (χ0n) is 10.7. The SMILES string of the molecule is CC(C)c1ccc(C(=O)NCC(O)C(F)(F)F)cc1. The lowest BCUT2D eigenvalue weighted by molar-refractivity contribution is -0.201. The van der Waals surface area contributed by atoms with Gasteiger partial charge in [0, 0.05) is 5.56 Å². The molecule has 6 heteroatoms. The van der Waals surface area contributed by atoms with Crippen LogP contribution in [0.15, 0.2) is 24.3 Å². The molecule has 1 unspecified atom stereocenters. The molecule has 2 N–H and O–H groups in total. The molecule has 0 saturated carbocycles. The zero-order chi connectivity index (χ0) is 14.6. The molecule has 19 heavy (non-hydrogen) atoms. The van der Waals surface area contributed by atoms with Crippen molar-refractivity contribution in [2.75, 3.05) is 6.54 Å². The number of carbonyl (C=O) groups excluding carboxylic acids is 1. The van der Waals surface area contributed by atoms with E-state index in [1.165, 1.54) is 0 Å². The van der Waals surface area contributed by atoms with E-state index in [4.69, 9.17) is 5.11 Å². The third kappa shape index (κ3) is 4.55. The molecule has 1 rings (SSSR count). The summed E-state index contributed by atoms with van der Waals surface area (Å²) in [5.41, 5.74) is 1.30. The molecule has 1 amide bonds. The van der Waals surface area contributed by atoms with Gasteiger partial charge in [-0.05, 0) is 23.6 Å². The molecule has 0 fully saturated rings. The number of rotatable bonds is 4. The Hall–Kier alpha value is -1.56. The Bertz CT molecular complexity index is 427. The summed E-state index contributed by atoms with van der Waals surface area (Å²) in [5.74, 6) is -0.331. The van der Waals surface area contributed by atoms with Crippen molar-refractivity contribution >= 4 is 5.91 Å². The predicted octanol–water partition coefficient (Wildman–Crippen LogP) is 2.46. The number of carbonyl (C=O) groups is 1. The number of halogens is 3. The van der Waals surface area contributed by atoms with Gasteiger partial charge >= 0.3 is 6.18 Å². The first-order valence-corrected chi connectivity index (χ1v) is 5.84. The Morgan fingerprint density at radius 1 is 1.26 bits per heavy atom. The average Bonchev–Trinajstić information content (AvgIpc) is 2.34. The van der Waals surface area contributed by atoms with Crippen LogP contribution in [0.4, 0.5) is 13.2 Å². The van der Waals surface area contributed by atoms with E-state index < -0.39 is 24.7 Å². The fourth-order valence-corrected chi connectivity index (χ4v) is 1.43. The van der Waals surface area contributed by atoms with Gasteiger partial charge in [-0.25, -0.2) is 0 Å². The van der Waals surface area contributed by atoms with Crippen molar-refractivity contribution in [3.8, 4) is 0 Å². The summed E-state index contributed by atoms with van der Waals surface area (Å²) < 4.78 is 36.1. The number of nitrogens with one attached hydrogen (secondary N) is 1. The maximum atomic E-state index is 12.0. The summed E-state index contributed by atoms with van der Waals surface area (Å²) >= 11 is 0. The van der Waals surface area contributed by atoms with Crippen molar-refractivity contribution in [2.45, 2.75) is 32.0 Å². The fourth-order valence-electron chi connectivity index (χ4n) is 1.43. The summed E-state index contributed by atoms with van der Waals surface area (Å²) in [5, 5.41) is 10.8. The van der Waals surface area contributed by atoms with Crippen LogP contribution in [0, 0.1) is 0 Å². The lowest BCUT2D eigenvalue weighted by Gasteiger charge is -2.15. The van der Waals surface area contributed by atoms with Gasteiger partial charge in [0.2, 0.25) is 0 Å². The van der Waals surface area contributed by atoms with E-state index in [0.717, 1.165) is 5.56 Å². The first kappa shape index (κ1) is 15.5. The highest BCUT2D eigenvalue weighted by Crippen LogP contribution is 2.19. The van der Waals surface area contributed by atoms with Crippen molar-refractivity contribution in [3.63, 3.8) is 0 Å². The number of benzene rings is 1. The molecule has 1 atom stereocenters. The summed E-state index contributed by atoms with van der Waals surface area (Å²) in [6.07, 6.45) is -7.28. The molecule has 0 heterocycles.